The summed E-state index contributed by atoms with van der Waals surface area (Å²) in [6.07, 6.45) is 2.28. The third-order valence-corrected chi connectivity index (χ3v) is 2.46. The SMILES string of the molecule is CCCCOc1ccc(C)cc1Br. The average Bonchev–Trinajstić information content (AvgIpc) is 2.09. The van der Waals surface area contributed by atoms with Gasteiger partial charge in [0.2, 0.25) is 0 Å². The molecule has 0 aliphatic rings. The lowest BCUT2D eigenvalue weighted by atomic mass is 10.2. The van der Waals surface area contributed by atoms with Crippen molar-refractivity contribution in [2.75, 3.05) is 6.61 Å². The molecule has 0 fully saturated rings. The number of halogens is 1. The van der Waals surface area contributed by atoms with Crippen LogP contribution in [0.25, 0.3) is 0 Å². The van der Waals surface area contributed by atoms with Gasteiger partial charge in [0, 0.05) is 0 Å². The Morgan fingerprint density at radius 3 is 2.77 bits per heavy atom. The lowest BCUT2D eigenvalue weighted by molar-refractivity contribution is 0.307. The summed E-state index contributed by atoms with van der Waals surface area (Å²) in [6.45, 7) is 5.03. The van der Waals surface area contributed by atoms with E-state index in [9.17, 15) is 0 Å². The molecule has 1 aromatic carbocycles. The maximum absolute atomic E-state index is 5.59. The normalized spacial score (nSPS) is 10.1. The Balaban J connectivity index is 2.56. The molecule has 0 aromatic heterocycles. The third kappa shape index (κ3) is 3.39. The van der Waals surface area contributed by atoms with Crippen LogP contribution in [0.2, 0.25) is 0 Å². The summed E-state index contributed by atoms with van der Waals surface area (Å²) in [6, 6.07) is 6.14. The van der Waals surface area contributed by atoms with E-state index in [1.54, 1.807) is 0 Å². The zero-order valence-corrected chi connectivity index (χ0v) is 9.73. The summed E-state index contributed by atoms with van der Waals surface area (Å²) < 4.78 is 6.63. The summed E-state index contributed by atoms with van der Waals surface area (Å²) in [5, 5.41) is 0. The van der Waals surface area contributed by atoms with E-state index in [-0.39, 0.29) is 0 Å². The van der Waals surface area contributed by atoms with Gasteiger partial charge < -0.3 is 4.74 Å². The molecule has 0 saturated carbocycles. The molecule has 2 heteroatoms. The highest BCUT2D eigenvalue weighted by molar-refractivity contribution is 9.10. The number of hydrogen-bond donors (Lipinski definition) is 0. The van der Waals surface area contributed by atoms with Gasteiger partial charge in [0.1, 0.15) is 5.75 Å². The van der Waals surface area contributed by atoms with Gasteiger partial charge in [-0.05, 0) is 47.0 Å². The molecule has 13 heavy (non-hydrogen) atoms. The van der Waals surface area contributed by atoms with E-state index in [0.717, 1.165) is 23.2 Å². The first kappa shape index (κ1) is 10.6. The van der Waals surface area contributed by atoms with Gasteiger partial charge in [0.15, 0.2) is 0 Å². The van der Waals surface area contributed by atoms with Crippen LogP contribution < -0.4 is 4.74 Å². The van der Waals surface area contributed by atoms with E-state index in [0.29, 0.717) is 0 Å². The summed E-state index contributed by atoms with van der Waals surface area (Å²) in [7, 11) is 0. The molecule has 0 radical (unpaired) electrons. The predicted octanol–water partition coefficient (Wildman–Crippen LogP) is 3.94. The van der Waals surface area contributed by atoms with Crippen LogP contribution in [0.15, 0.2) is 22.7 Å². The molecule has 0 unspecified atom stereocenters. The first-order valence-electron chi connectivity index (χ1n) is 4.63. The van der Waals surface area contributed by atoms with Crippen molar-refractivity contribution in [1.82, 2.24) is 0 Å². The van der Waals surface area contributed by atoms with Gasteiger partial charge in [-0.1, -0.05) is 19.4 Å². The second-order valence-electron chi connectivity index (χ2n) is 3.14. The number of unbranched alkanes of at least 4 members (excludes halogenated alkanes) is 1. The van der Waals surface area contributed by atoms with Gasteiger partial charge in [0.05, 0.1) is 11.1 Å². The Labute approximate surface area is 88.2 Å². The molecule has 0 N–H and O–H groups in total. The van der Waals surface area contributed by atoms with E-state index in [4.69, 9.17) is 4.74 Å². The van der Waals surface area contributed by atoms with E-state index in [1.165, 1.54) is 12.0 Å². The standard InChI is InChI=1S/C11H15BrO/c1-3-4-7-13-11-6-5-9(2)8-10(11)12/h5-6,8H,3-4,7H2,1-2H3. The minimum absolute atomic E-state index is 0.804. The summed E-state index contributed by atoms with van der Waals surface area (Å²) in [5.41, 5.74) is 1.25. The molecular formula is C11H15BrO. The molecule has 0 atom stereocenters. The van der Waals surface area contributed by atoms with Gasteiger partial charge in [-0.25, -0.2) is 0 Å². The highest BCUT2D eigenvalue weighted by atomic mass is 79.9. The van der Waals surface area contributed by atoms with Crippen LogP contribution in [-0.2, 0) is 0 Å². The van der Waals surface area contributed by atoms with Crippen molar-refractivity contribution in [3.8, 4) is 5.75 Å². The Kier molecular flexibility index (Phi) is 4.29. The van der Waals surface area contributed by atoms with Crippen molar-refractivity contribution in [2.45, 2.75) is 26.7 Å². The maximum Gasteiger partial charge on any atom is 0.133 e. The Bertz CT molecular complexity index is 271. The first-order chi connectivity index (χ1) is 6.24. The minimum Gasteiger partial charge on any atom is -0.492 e. The highest BCUT2D eigenvalue weighted by Gasteiger charge is 1.99. The molecule has 0 spiro atoms. The van der Waals surface area contributed by atoms with Crippen LogP contribution in [0, 0.1) is 6.92 Å². The van der Waals surface area contributed by atoms with Crippen LogP contribution in [0.4, 0.5) is 0 Å². The lowest BCUT2D eigenvalue weighted by Crippen LogP contribution is -1.96. The van der Waals surface area contributed by atoms with Crippen molar-refractivity contribution in [2.24, 2.45) is 0 Å². The summed E-state index contributed by atoms with van der Waals surface area (Å²) in [4.78, 5) is 0. The van der Waals surface area contributed by atoms with E-state index >= 15 is 0 Å². The van der Waals surface area contributed by atoms with Crippen LogP contribution in [0.3, 0.4) is 0 Å². The predicted molar refractivity (Wildman–Crippen MR) is 59.3 cm³/mol. The third-order valence-electron chi connectivity index (χ3n) is 1.84. The van der Waals surface area contributed by atoms with Gasteiger partial charge >= 0.3 is 0 Å². The van der Waals surface area contributed by atoms with Crippen molar-refractivity contribution < 1.29 is 4.74 Å². The Hall–Kier alpha value is -0.500. The topological polar surface area (TPSA) is 9.23 Å². The zero-order chi connectivity index (χ0) is 9.68. The number of aryl methyl sites for hydroxylation is 1. The minimum atomic E-state index is 0.804. The van der Waals surface area contributed by atoms with Gasteiger partial charge in [0.25, 0.3) is 0 Å². The molecule has 0 amide bonds. The molecule has 1 nitrogen and oxygen atoms in total. The molecule has 0 saturated heterocycles. The van der Waals surface area contributed by atoms with Gasteiger partial charge in [-0.3, -0.25) is 0 Å². The monoisotopic (exact) mass is 242 g/mol. The second kappa shape index (κ2) is 5.28. The number of ether oxygens (including phenoxy) is 1. The van der Waals surface area contributed by atoms with Gasteiger partial charge in [-0.15, -0.1) is 0 Å². The highest BCUT2D eigenvalue weighted by Crippen LogP contribution is 2.25. The van der Waals surface area contributed by atoms with Crippen LogP contribution in [-0.4, -0.2) is 6.61 Å². The average molecular weight is 243 g/mol. The van der Waals surface area contributed by atoms with Crippen molar-refractivity contribution in [3.05, 3.63) is 28.2 Å². The number of hydrogen-bond acceptors (Lipinski definition) is 1. The Morgan fingerprint density at radius 2 is 2.15 bits per heavy atom. The molecule has 72 valence electrons. The van der Waals surface area contributed by atoms with Crippen LogP contribution in [0.1, 0.15) is 25.3 Å². The summed E-state index contributed by atoms with van der Waals surface area (Å²) >= 11 is 3.47. The quantitative estimate of drug-likeness (QED) is 0.728. The second-order valence-corrected chi connectivity index (χ2v) is 3.99. The Morgan fingerprint density at radius 1 is 1.38 bits per heavy atom. The molecule has 0 aliphatic heterocycles. The smallest absolute Gasteiger partial charge is 0.133 e. The molecule has 0 bridgehead atoms. The van der Waals surface area contributed by atoms with E-state index in [2.05, 4.69) is 41.9 Å². The fourth-order valence-electron chi connectivity index (χ4n) is 1.05. The maximum atomic E-state index is 5.59. The van der Waals surface area contributed by atoms with Gasteiger partial charge in [-0.2, -0.15) is 0 Å². The number of benzene rings is 1. The van der Waals surface area contributed by atoms with Crippen LogP contribution >= 0.6 is 15.9 Å². The fraction of sp³-hybridized carbons (Fsp3) is 0.455. The van der Waals surface area contributed by atoms with E-state index in [1.807, 2.05) is 6.07 Å². The van der Waals surface area contributed by atoms with Crippen molar-refractivity contribution in [3.63, 3.8) is 0 Å². The lowest BCUT2D eigenvalue weighted by Gasteiger charge is -2.07. The molecule has 0 heterocycles. The van der Waals surface area contributed by atoms with E-state index < -0.39 is 0 Å². The van der Waals surface area contributed by atoms with Crippen LogP contribution in [0.5, 0.6) is 5.75 Å². The molecular weight excluding hydrogens is 228 g/mol. The molecule has 0 aliphatic carbocycles. The molecule has 1 rings (SSSR count). The number of rotatable bonds is 4. The first-order valence-corrected chi connectivity index (χ1v) is 5.42. The summed E-state index contributed by atoms with van der Waals surface area (Å²) in [5.74, 6) is 0.944. The van der Waals surface area contributed by atoms with Crippen molar-refractivity contribution >= 4 is 15.9 Å². The van der Waals surface area contributed by atoms with Crippen molar-refractivity contribution in [1.29, 1.82) is 0 Å². The largest absolute Gasteiger partial charge is 0.492 e. The zero-order valence-electron chi connectivity index (χ0n) is 8.14. The fourth-order valence-corrected chi connectivity index (χ4v) is 1.66. The molecule has 1 aromatic rings.